The summed E-state index contributed by atoms with van der Waals surface area (Å²) in [6.45, 7) is -0.0164. The van der Waals surface area contributed by atoms with Crippen molar-refractivity contribution in [2.24, 2.45) is 0 Å². The molecule has 0 aliphatic carbocycles. The summed E-state index contributed by atoms with van der Waals surface area (Å²) in [6.07, 6.45) is -0.795. The minimum absolute atomic E-state index is 0.0164. The van der Waals surface area contributed by atoms with Crippen LogP contribution in [0, 0.1) is 0 Å². The maximum absolute atomic E-state index is 10.3. The summed E-state index contributed by atoms with van der Waals surface area (Å²) in [4.78, 5) is 18.7. The second-order valence-electron chi connectivity index (χ2n) is 2.24. The molecule has 0 radical (unpaired) electrons. The lowest BCUT2D eigenvalue weighted by Crippen LogP contribution is -2.15. The van der Waals surface area contributed by atoms with Crippen LogP contribution in [0.2, 0.25) is 0 Å². The first-order valence-electron chi connectivity index (χ1n) is 2.83. The zero-order valence-electron chi connectivity index (χ0n) is 5.14. The van der Waals surface area contributed by atoms with Gasteiger partial charge in [0, 0.05) is 6.42 Å². The molecule has 2 N–H and O–H groups in total. The molecule has 0 saturated carbocycles. The van der Waals surface area contributed by atoms with Crippen molar-refractivity contribution in [2.45, 2.75) is 18.4 Å². The molecular weight excluding hydrogens is 159 g/mol. The molecule has 0 aromatic rings. The van der Waals surface area contributed by atoms with Gasteiger partial charge < -0.3 is 24.2 Å². The van der Waals surface area contributed by atoms with Crippen molar-refractivity contribution in [2.75, 3.05) is 6.61 Å². The first-order chi connectivity index (χ1) is 4.50. The third-order valence-corrected chi connectivity index (χ3v) is 2.41. The van der Waals surface area contributed by atoms with Crippen LogP contribution in [-0.4, -0.2) is 28.6 Å². The van der Waals surface area contributed by atoms with E-state index in [-0.39, 0.29) is 13.0 Å². The minimum Gasteiger partial charge on any atom is -0.777 e. The van der Waals surface area contributed by atoms with Gasteiger partial charge in [-0.05, 0) is 0 Å². The highest BCUT2D eigenvalue weighted by Gasteiger charge is 2.30. The van der Waals surface area contributed by atoms with Crippen LogP contribution in [0.3, 0.4) is 0 Å². The number of ether oxygens (including phenoxy) is 1. The maximum Gasteiger partial charge on any atom is 0.161 e. The molecule has 1 unspecified atom stereocenters. The second kappa shape index (κ2) is 2.60. The quantitative estimate of drug-likeness (QED) is 0.470. The SMILES string of the molecule is O=P([O-])(O)[C@H]1C[C@H](O)CO1. The van der Waals surface area contributed by atoms with Crippen molar-refractivity contribution in [3.63, 3.8) is 0 Å². The molecule has 0 aromatic carbocycles. The van der Waals surface area contributed by atoms with Crippen LogP contribution in [0.4, 0.5) is 0 Å². The highest BCUT2D eigenvalue weighted by molar-refractivity contribution is 7.50. The molecule has 60 valence electrons. The van der Waals surface area contributed by atoms with Crippen molar-refractivity contribution >= 4 is 7.60 Å². The molecule has 5 nitrogen and oxygen atoms in total. The fourth-order valence-corrected chi connectivity index (χ4v) is 1.60. The highest BCUT2D eigenvalue weighted by atomic mass is 31.2. The molecule has 6 heteroatoms. The van der Waals surface area contributed by atoms with E-state index in [1.165, 1.54) is 0 Å². The average Bonchev–Trinajstić information content (AvgIpc) is 2.11. The van der Waals surface area contributed by atoms with Gasteiger partial charge in [0.1, 0.15) is 5.85 Å². The van der Waals surface area contributed by atoms with Gasteiger partial charge in [-0.25, -0.2) is 0 Å². The molecule has 0 amide bonds. The molecule has 0 bridgehead atoms. The molecule has 10 heavy (non-hydrogen) atoms. The first-order valence-corrected chi connectivity index (χ1v) is 4.48. The van der Waals surface area contributed by atoms with E-state index in [0.29, 0.717) is 0 Å². The molecule has 1 aliphatic heterocycles. The highest BCUT2D eigenvalue weighted by Crippen LogP contribution is 2.42. The van der Waals surface area contributed by atoms with Crippen LogP contribution in [0.5, 0.6) is 0 Å². The zero-order chi connectivity index (χ0) is 7.78. The zero-order valence-corrected chi connectivity index (χ0v) is 6.03. The van der Waals surface area contributed by atoms with Crippen molar-refractivity contribution in [3.8, 4) is 0 Å². The molecule has 1 aliphatic rings. The standard InChI is InChI=1S/C4H9O5P/c5-3-1-4(9-2-3)10(6,7)8/h3-5H,1-2H2,(H2,6,7,8)/p-1/t3-,4-/m0/s1. The maximum atomic E-state index is 10.3. The summed E-state index contributed by atoms with van der Waals surface area (Å²) in [6, 6.07) is 0. The smallest absolute Gasteiger partial charge is 0.161 e. The molecular formula is C4H8O5P-. The van der Waals surface area contributed by atoms with Gasteiger partial charge in [-0.3, -0.25) is 0 Å². The van der Waals surface area contributed by atoms with E-state index in [2.05, 4.69) is 4.74 Å². The summed E-state index contributed by atoms with van der Waals surface area (Å²) in [5, 5.41) is 8.77. The number of hydrogen-bond acceptors (Lipinski definition) is 4. The summed E-state index contributed by atoms with van der Waals surface area (Å²) in [5.41, 5.74) is 0. The Morgan fingerprint density at radius 2 is 2.30 bits per heavy atom. The van der Waals surface area contributed by atoms with Crippen molar-refractivity contribution < 1.29 is 24.2 Å². The van der Waals surface area contributed by atoms with Gasteiger partial charge in [0.2, 0.25) is 0 Å². The first kappa shape index (κ1) is 8.17. The summed E-state index contributed by atoms with van der Waals surface area (Å²) >= 11 is 0. The van der Waals surface area contributed by atoms with Crippen LogP contribution >= 0.6 is 7.60 Å². The van der Waals surface area contributed by atoms with E-state index in [1.54, 1.807) is 0 Å². The van der Waals surface area contributed by atoms with Gasteiger partial charge in [-0.15, -0.1) is 0 Å². The Bertz CT molecular complexity index is 163. The predicted octanol–water partition coefficient (Wildman–Crippen LogP) is -1.36. The van der Waals surface area contributed by atoms with Crippen LogP contribution < -0.4 is 4.89 Å². The molecule has 1 rings (SSSR count). The van der Waals surface area contributed by atoms with E-state index in [9.17, 15) is 9.46 Å². The summed E-state index contributed by atoms with van der Waals surface area (Å²) < 4.78 is 14.9. The fraction of sp³-hybridized carbons (Fsp3) is 1.00. The Morgan fingerprint density at radius 1 is 1.70 bits per heavy atom. The van der Waals surface area contributed by atoms with E-state index in [0.717, 1.165) is 0 Å². The molecule has 3 atom stereocenters. The van der Waals surface area contributed by atoms with Gasteiger partial charge in [-0.2, -0.15) is 0 Å². The third-order valence-electron chi connectivity index (χ3n) is 1.32. The minimum atomic E-state index is -4.38. The largest absolute Gasteiger partial charge is 0.777 e. The van der Waals surface area contributed by atoms with Crippen LogP contribution in [0.1, 0.15) is 6.42 Å². The topological polar surface area (TPSA) is 89.8 Å². The van der Waals surface area contributed by atoms with Crippen LogP contribution in [-0.2, 0) is 9.30 Å². The van der Waals surface area contributed by atoms with Crippen LogP contribution in [0.25, 0.3) is 0 Å². The molecule has 1 heterocycles. The van der Waals surface area contributed by atoms with E-state index < -0.39 is 19.5 Å². The second-order valence-corrected chi connectivity index (χ2v) is 3.95. The molecule has 1 saturated heterocycles. The van der Waals surface area contributed by atoms with Crippen LogP contribution in [0.15, 0.2) is 0 Å². The van der Waals surface area contributed by atoms with E-state index >= 15 is 0 Å². The van der Waals surface area contributed by atoms with Gasteiger partial charge >= 0.3 is 0 Å². The van der Waals surface area contributed by atoms with Crippen molar-refractivity contribution in [1.82, 2.24) is 0 Å². The van der Waals surface area contributed by atoms with Crippen molar-refractivity contribution in [1.29, 1.82) is 0 Å². The molecule has 1 fully saturated rings. The van der Waals surface area contributed by atoms with E-state index in [1.807, 2.05) is 0 Å². The van der Waals surface area contributed by atoms with Gasteiger partial charge in [0.15, 0.2) is 7.60 Å². The Hall–Kier alpha value is 0.0700. The third kappa shape index (κ3) is 1.78. The lowest BCUT2D eigenvalue weighted by Gasteiger charge is -2.21. The Labute approximate surface area is 57.8 Å². The monoisotopic (exact) mass is 167 g/mol. The normalized spacial score (nSPS) is 39.5. The van der Waals surface area contributed by atoms with Gasteiger partial charge in [0.05, 0.1) is 12.7 Å². The number of aliphatic hydroxyl groups is 1. The number of hydrogen-bond donors (Lipinski definition) is 2. The Balaban J connectivity index is 2.53. The number of aliphatic hydroxyl groups excluding tert-OH is 1. The van der Waals surface area contributed by atoms with Gasteiger partial charge in [-0.1, -0.05) is 0 Å². The Kier molecular flexibility index (Phi) is 2.12. The Morgan fingerprint density at radius 3 is 2.50 bits per heavy atom. The van der Waals surface area contributed by atoms with Crippen molar-refractivity contribution in [3.05, 3.63) is 0 Å². The summed E-state index contributed by atoms with van der Waals surface area (Å²) in [7, 11) is -4.38. The average molecular weight is 167 g/mol. The van der Waals surface area contributed by atoms with E-state index in [4.69, 9.17) is 10.00 Å². The number of rotatable bonds is 1. The molecule has 0 spiro atoms. The lowest BCUT2D eigenvalue weighted by atomic mass is 10.3. The predicted molar refractivity (Wildman–Crippen MR) is 30.2 cm³/mol. The fourth-order valence-electron chi connectivity index (χ4n) is 0.818. The molecule has 0 aromatic heterocycles. The lowest BCUT2D eigenvalue weighted by molar-refractivity contribution is -0.202. The van der Waals surface area contributed by atoms with Gasteiger partial charge in [0.25, 0.3) is 0 Å². The summed E-state index contributed by atoms with van der Waals surface area (Å²) in [5.74, 6) is -1.21.